The average Bonchev–Trinajstić information content (AvgIpc) is 2.65. The van der Waals surface area contributed by atoms with Gasteiger partial charge in [0.1, 0.15) is 10.9 Å². The molecule has 0 atom stereocenters. The molecule has 0 aliphatic carbocycles. The van der Waals surface area contributed by atoms with Gasteiger partial charge in [0.15, 0.2) is 0 Å². The molecule has 25 heavy (non-hydrogen) atoms. The summed E-state index contributed by atoms with van der Waals surface area (Å²) < 4.78 is 0. The van der Waals surface area contributed by atoms with Crippen LogP contribution in [0, 0.1) is 6.92 Å². The highest BCUT2D eigenvalue weighted by molar-refractivity contribution is 8.00. The summed E-state index contributed by atoms with van der Waals surface area (Å²) in [6, 6.07) is 16.1. The third-order valence-electron chi connectivity index (χ3n) is 4.42. The van der Waals surface area contributed by atoms with E-state index in [1.165, 1.54) is 17.3 Å². The zero-order chi connectivity index (χ0) is 17.2. The first kappa shape index (κ1) is 16.1. The smallest absolute Gasteiger partial charge is 0.237 e. The number of rotatable bonds is 3. The van der Waals surface area contributed by atoms with Crippen molar-refractivity contribution in [3.8, 4) is 0 Å². The SMILES string of the molecule is Cc1nc(SCC(=O)N2CCCc3ccccc32)c2ccccc2n1. The fraction of sp³-hybridized carbons (Fsp3) is 0.250. The number of hydrogen-bond acceptors (Lipinski definition) is 4. The quantitative estimate of drug-likeness (QED) is 0.529. The Labute approximate surface area is 151 Å². The summed E-state index contributed by atoms with van der Waals surface area (Å²) in [6.07, 6.45) is 2.06. The number of fused-ring (bicyclic) bond motifs is 2. The molecular formula is C20H19N3OS. The number of amides is 1. The van der Waals surface area contributed by atoms with Crippen LogP contribution in [0.1, 0.15) is 17.8 Å². The molecule has 0 saturated heterocycles. The van der Waals surface area contributed by atoms with Crippen molar-refractivity contribution in [3.05, 3.63) is 59.9 Å². The van der Waals surface area contributed by atoms with Gasteiger partial charge < -0.3 is 4.90 Å². The number of benzene rings is 2. The molecule has 4 rings (SSSR count). The van der Waals surface area contributed by atoms with E-state index in [-0.39, 0.29) is 5.91 Å². The van der Waals surface area contributed by atoms with Crippen LogP contribution in [0.2, 0.25) is 0 Å². The Morgan fingerprint density at radius 2 is 1.92 bits per heavy atom. The van der Waals surface area contributed by atoms with Gasteiger partial charge >= 0.3 is 0 Å². The summed E-state index contributed by atoms with van der Waals surface area (Å²) in [5.74, 6) is 1.25. The highest BCUT2D eigenvalue weighted by Gasteiger charge is 2.22. The Morgan fingerprint density at radius 3 is 2.84 bits per heavy atom. The van der Waals surface area contributed by atoms with E-state index in [1.54, 1.807) is 0 Å². The van der Waals surface area contributed by atoms with Crippen LogP contribution < -0.4 is 4.90 Å². The number of carbonyl (C=O) groups excluding carboxylic acids is 1. The van der Waals surface area contributed by atoms with Crippen LogP contribution in [-0.2, 0) is 11.2 Å². The van der Waals surface area contributed by atoms with E-state index in [9.17, 15) is 4.79 Å². The first-order valence-corrected chi connectivity index (χ1v) is 9.45. The number of thioether (sulfide) groups is 1. The van der Waals surface area contributed by atoms with Crippen LogP contribution >= 0.6 is 11.8 Å². The molecule has 1 aliphatic heterocycles. The number of para-hydroxylation sites is 2. The molecule has 2 aromatic carbocycles. The van der Waals surface area contributed by atoms with Crippen molar-refractivity contribution < 1.29 is 4.79 Å². The second-order valence-electron chi connectivity index (χ2n) is 6.16. The van der Waals surface area contributed by atoms with Crippen molar-refractivity contribution in [2.75, 3.05) is 17.2 Å². The van der Waals surface area contributed by atoms with Crippen LogP contribution in [0.15, 0.2) is 53.6 Å². The summed E-state index contributed by atoms with van der Waals surface area (Å²) in [7, 11) is 0. The van der Waals surface area contributed by atoms with E-state index < -0.39 is 0 Å². The second-order valence-corrected chi connectivity index (χ2v) is 7.12. The van der Waals surface area contributed by atoms with Gasteiger partial charge in [-0.3, -0.25) is 4.79 Å². The number of hydrogen-bond donors (Lipinski definition) is 0. The predicted molar refractivity (Wildman–Crippen MR) is 102 cm³/mol. The molecule has 0 bridgehead atoms. The Kier molecular flexibility index (Phi) is 4.40. The molecule has 2 heterocycles. The molecule has 0 spiro atoms. The molecule has 5 heteroatoms. The third kappa shape index (κ3) is 3.24. The molecule has 1 amide bonds. The minimum Gasteiger partial charge on any atom is -0.311 e. The van der Waals surface area contributed by atoms with Crippen molar-refractivity contribution in [2.24, 2.45) is 0 Å². The zero-order valence-corrected chi connectivity index (χ0v) is 14.9. The van der Waals surface area contributed by atoms with Crippen molar-refractivity contribution >= 4 is 34.3 Å². The topological polar surface area (TPSA) is 46.1 Å². The Bertz CT molecular complexity index is 941. The summed E-state index contributed by atoms with van der Waals surface area (Å²) in [4.78, 5) is 23.7. The summed E-state index contributed by atoms with van der Waals surface area (Å²) >= 11 is 1.50. The van der Waals surface area contributed by atoms with Gasteiger partial charge in [0.2, 0.25) is 5.91 Å². The van der Waals surface area contributed by atoms with E-state index in [0.29, 0.717) is 5.75 Å². The lowest BCUT2D eigenvalue weighted by Crippen LogP contribution is -2.36. The maximum atomic E-state index is 12.8. The first-order chi connectivity index (χ1) is 12.2. The van der Waals surface area contributed by atoms with E-state index in [2.05, 4.69) is 16.0 Å². The fourth-order valence-corrected chi connectivity index (χ4v) is 4.21. The van der Waals surface area contributed by atoms with E-state index in [1.807, 2.05) is 54.3 Å². The van der Waals surface area contributed by atoms with Crippen molar-refractivity contribution in [1.82, 2.24) is 9.97 Å². The number of nitrogens with zero attached hydrogens (tertiary/aromatic N) is 3. The number of aryl methyl sites for hydroxylation is 2. The van der Waals surface area contributed by atoms with Crippen molar-refractivity contribution in [2.45, 2.75) is 24.8 Å². The van der Waals surface area contributed by atoms with E-state index >= 15 is 0 Å². The zero-order valence-electron chi connectivity index (χ0n) is 14.1. The van der Waals surface area contributed by atoms with E-state index in [4.69, 9.17) is 0 Å². The highest BCUT2D eigenvalue weighted by Crippen LogP contribution is 2.29. The molecule has 0 radical (unpaired) electrons. The molecular weight excluding hydrogens is 330 g/mol. The van der Waals surface area contributed by atoms with Crippen LogP contribution in [0.25, 0.3) is 10.9 Å². The fourth-order valence-electron chi connectivity index (χ4n) is 3.27. The lowest BCUT2D eigenvalue weighted by atomic mass is 10.0. The lowest BCUT2D eigenvalue weighted by molar-refractivity contribution is -0.116. The summed E-state index contributed by atoms with van der Waals surface area (Å²) in [5.41, 5.74) is 3.24. The van der Waals surface area contributed by atoms with Gasteiger partial charge in [-0.25, -0.2) is 9.97 Å². The van der Waals surface area contributed by atoms with Crippen molar-refractivity contribution in [1.29, 1.82) is 0 Å². The summed E-state index contributed by atoms with van der Waals surface area (Å²) in [6.45, 7) is 2.68. The number of carbonyl (C=O) groups is 1. The van der Waals surface area contributed by atoms with Gasteiger partial charge in [-0.15, -0.1) is 0 Å². The normalized spacial score (nSPS) is 13.7. The van der Waals surface area contributed by atoms with Gasteiger partial charge in [0, 0.05) is 17.6 Å². The number of aromatic nitrogens is 2. The molecule has 1 aliphatic rings. The molecule has 0 N–H and O–H groups in total. The molecule has 3 aromatic rings. The average molecular weight is 349 g/mol. The Morgan fingerprint density at radius 1 is 1.12 bits per heavy atom. The van der Waals surface area contributed by atoms with Crippen LogP contribution in [0.4, 0.5) is 5.69 Å². The monoisotopic (exact) mass is 349 g/mol. The lowest BCUT2D eigenvalue weighted by Gasteiger charge is -2.29. The molecule has 0 fully saturated rings. The molecule has 126 valence electrons. The maximum Gasteiger partial charge on any atom is 0.237 e. The van der Waals surface area contributed by atoms with Gasteiger partial charge in [0.05, 0.1) is 11.3 Å². The highest BCUT2D eigenvalue weighted by atomic mass is 32.2. The standard InChI is InChI=1S/C20H19N3OS/c1-14-21-17-10-4-3-9-16(17)20(22-14)25-13-19(24)23-12-6-8-15-7-2-5-11-18(15)23/h2-5,7,9-11H,6,8,12-13H2,1H3. The largest absolute Gasteiger partial charge is 0.311 e. The van der Waals surface area contributed by atoms with Crippen molar-refractivity contribution in [3.63, 3.8) is 0 Å². The third-order valence-corrected chi connectivity index (χ3v) is 5.40. The molecule has 1 aromatic heterocycles. The molecule has 0 saturated carbocycles. The first-order valence-electron chi connectivity index (χ1n) is 8.47. The van der Waals surface area contributed by atoms with Gasteiger partial charge in [-0.2, -0.15) is 0 Å². The Balaban J connectivity index is 1.56. The summed E-state index contributed by atoms with van der Waals surface area (Å²) in [5, 5.41) is 1.88. The van der Waals surface area contributed by atoms with Gasteiger partial charge in [0.25, 0.3) is 0 Å². The maximum absolute atomic E-state index is 12.8. The Hall–Kier alpha value is -2.40. The van der Waals surface area contributed by atoms with Gasteiger partial charge in [-0.1, -0.05) is 48.2 Å². The second kappa shape index (κ2) is 6.84. The van der Waals surface area contributed by atoms with Crippen LogP contribution in [0.5, 0.6) is 0 Å². The minimum atomic E-state index is 0.137. The minimum absolute atomic E-state index is 0.137. The molecule has 0 unspecified atom stereocenters. The molecule has 4 nitrogen and oxygen atoms in total. The van der Waals surface area contributed by atoms with Gasteiger partial charge in [-0.05, 0) is 37.5 Å². The van der Waals surface area contributed by atoms with E-state index in [0.717, 1.165) is 46.8 Å². The van der Waals surface area contributed by atoms with Crippen LogP contribution in [0.3, 0.4) is 0 Å². The predicted octanol–water partition coefficient (Wildman–Crippen LogP) is 4.01. The number of anilines is 1. The van der Waals surface area contributed by atoms with Crippen LogP contribution in [-0.4, -0.2) is 28.2 Å².